The van der Waals surface area contributed by atoms with E-state index in [1.807, 2.05) is 24.1 Å². The standard InChI is InChI=1S/C11H16N2O2S/c1-4-5-13(6-11(14)15)8(2)10-7-16-9(3)12-10/h4,7-8H,1,5-6H2,2-3H3,(H,14,15). The van der Waals surface area contributed by atoms with E-state index in [-0.39, 0.29) is 12.6 Å². The van der Waals surface area contributed by atoms with Crippen molar-refractivity contribution in [2.45, 2.75) is 19.9 Å². The Hall–Kier alpha value is -1.20. The maximum Gasteiger partial charge on any atom is 0.317 e. The second kappa shape index (κ2) is 5.77. The van der Waals surface area contributed by atoms with Crippen molar-refractivity contribution in [3.63, 3.8) is 0 Å². The Balaban J connectivity index is 2.77. The van der Waals surface area contributed by atoms with Crippen molar-refractivity contribution >= 4 is 17.3 Å². The van der Waals surface area contributed by atoms with Crippen molar-refractivity contribution < 1.29 is 9.90 Å². The van der Waals surface area contributed by atoms with Gasteiger partial charge in [0.2, 0.25) is 0 Å². The zero-order chi connectivity index (χ0) is 12.1. The molecule has 0 radical (unpaired) electrons. The maximum absolute atomic E-state index is 10.7. The molecule has 0 fully saturated rings. The van der Waals surface area contributed by atoms with Crippen molar-refractivity contribution in [3.8, 4) is 0 Å². The Morgan fingerprint density at radius 3 is 2.94 bits per heavy atom. The Bertz CT molecular complexity index is 376. The first-order chi connectivity index (χ1) is 7.54. The molecule has 0 amide bonds. The highest BCUT2D eigenvalue weighted by molar-refractivity contribution is 7.09. The molecule has 0 saturated carbocycles. The molecule has 16 heavy (non-hydrogen) atoms. The maximum atomic E-state index is 10.7. The number of thiazole rings is 1. The lowest BCUT2D eigenvalue weighted by atomic mass is 10.2. The van der Waals surface area contributed by atoms with E-state index >= 15 is 0 Å². The number of nitrogens with zero attached hydrogens (tertiary/aromatic N) is 2. The van der Waals surface area contributed by atoms with Crippen LogP contribution in [0.2, 0.25) is 0 Å². The van der Waals surface area contributed by atoms with E-state index in [2.05, 4.69) is 11.6 Å². The average Bonchev–Trinajstić information content (AvgIpc) is 2.62. The summed E-state index contributed by atoms with van der Waals surface area (Å²) in [5.74, 6) is -0.833. The summed E-state index contributed by atoms with van der Waals surface area (Å²) >= 11 is 1.58. The van der Waals surface area contributed by atoms with Gasteiger partial charge in [-0.05, 0) is 13.8 Å². The summed E-state index contributed by atoms with van der Waals surface area (Å²) in [7, 11) is 0. The van der Waals surface area contributed by atoms with Crippen LogP contribution in [0, 0.1) is 6.92 Å². The van der Waals surface area contributed by atoms with Crippen molar-refractivity contribution in [1.82, 2.24) is 9.88 Å². The lowest BCUT2D eigenvalue weighted by Gasteiger charge is -2.24. The Morgan fingerprint density at radius 1 is 1.81 bits per heavy atom. The largest absolute Gasteiger partial charge is 0.480 e. The second-order valence-electron chi connectivity index (χ2n) is 3.58. The van der Waals surface area contributed by atoms with Gasteiger partial charge in [0.15, 0.2) is 0 Å². The molecule has 1 rings (SSSR count). The Morgan fingerprint density at radius 2 is 2.50 bits per heavy atom. The van der Waals surface area contributed by atoms with Crippen LogP contribution in [0.3, 0.4) is 0 Å². The van der Waals surface area contributed by atoms with Crippen LogP contribution >= 0.6 is 11.3 Å². The number of aromatic nitrogens is 1. The number of hydrogen-bond donors (Lipinski definition) is 1. The highest BCUT2D eigenvalue weighted by atomic mass is 32.1. The second-order valence-corrected chi connectivity index (χ2v) is 4.64. The van der Waals surface area contributed by atoms with E-state index in [9.17, 15) is 4.79 Å². The number of carboxylic acid groups (broad SMARTS) is 1. The van der Waals surface area contributed by atoms with Gasteiger partial charge in [0.1, 0.15) is 0 Å². The predicted molar refractivity (Wildman–Crippen MR) is 64.7 cm³/mol. The smallest absolute Gasteiger partial charge is 0.317 e. The molecule has 0 bridgehead atoms. The van der Waals surface area contributed by atoms with Gasteiger partial charge < -0.3 is 5.11 Å². The zero-order valence-corrected chi connectivity index (χ0v) is 10.3. The third kappa shape index (κ3) is 3.43. The van der Waals surface area contributed by atoms with E-state index in [0.29, 0.717) is 6.54 Å². The zero-order valence-electron chi connectivity index (χ0n) is 9.51. The van der Waals surface area contributed by atoms with Crippen molar-refractivity contribution in [2.24, 2.45) is 0 Å². The van der Waals surface area contributed by atoms with Gasteiger partial charge in [0.25, 0.3) is 0 Å². The molecule has 0 aliphatic heterocycles. The van der Waals surface area contributed by atoms with Gasteiger partial charge in [0.05, 0.1) is 23.3 Å². The van der Waals surface area contributed by atoms with Crippen LogP contribution in [0.4, 0.5) is 0 Å². The summed E-state index contributed by atoms with van der Waals surface area (Å²) in [5, 5.41) is 11.8. The summed E-state index contributed by atoms with van der Waals surface area (Å²) in [5.41, 5.74) is 0.922. The number of aryl methyl sites for hydroxylation is 1. The van der Waals surface area contributed by atoms with E-state index in [1.165, 1.54) is 0 Å². The summed E-state index contributed by atoms with van der Waals surface area (Å²) in [6.45, 7) is 8.09. The molecular formula is C11H16N2O2S. The average molecular weight is 240 g/mol. The predicted octanol–water partition coefficient (Wildman–Crippen LogP) is 2.09. The summed E-state index contributed by atoms with van der Waals surface area (Å²) in [6, 6.07) is -0.000880. The molecular weight excluding hydrogens is 224 g/mol. The fourth-order valence-corrected chi connectivity index (χ4v) is 2.16. The minimum atomic E-state index is -0.833. The van der Waals surface area contributed by atoms with E-state index in [0.717, 1.165) is 10.7 Å². The third-order valence-electron chi connectivity index (χ3n) is 2.31. The van der Waals surface area contributed by atoms with E-state index in [1.54, 1.807) is 17.4 Å². The first-order valence-electron chi connectivity index (χ1n) is 5.03. The van der Waals surface area contributed by atoms with Crippen molar-refractivity contribution in [1.29, 1.82) is 0 Å². The molecule has 4 nitrogen and oxygen atoms in total. The number of rotatable bonds is 6. The highest BCUT2D eigenvalue weighted by Gasteiger charge is 2.19. The van der Waals surface area contributed by atoms with Gasteiger partial charge in [0, 0.05) is 11.9 Å². The minimum absolute atomic E-state index is 0.000880. The van der Waals surface area contributed by atoms with Gasteiger partial charge in [-0.3, -0.25) is 9.69 Å². The lowest BCUT2D eigenvalue weighted by Crippen LogP contribution is -2.32. The number of carboxylic acids is 1. The van der Waals surface area contributed by atoms with Gasteiger partial charge >= 0.3 is 5.97 Å². The summed E-state index contributed by atoms with van der Waals surface area (Å²) in [6.07, 6.45) is 1.71. The van der Waals surface area contributed by atoms with Crippen molar-refractivity contribution in [2.75, 3.05) is 13.1 Å². The topological polar surface area (TPSA) is 53.4 Å². The molecule has 1 N–H and O–H groups in total. The molecule has 0 aliphatic carbocycles. The van der Waals surface area contributed by atoms with Gasteiger partial charge in [-0.15, -0.1) is 17.9 Å². The molecule has 0 aliphatic rings. The van der Waals surface area contributed by atoms with E-state index < -0.39 is 5.97 Å². The number of aliphatic carboxylic acids is 1. The van der Waals surface area contributed by atoms with Crippen molar-refractivity contribution in [3.05, 3.63) is 28.7 Å². The van der Waals surface area contributed by atoms with Gasteiger partial charge in [-0.1, -0.05) is 6.08 Å². The minimum Gasteiger partial charge on any atom is -0.480 e. The van der Waals surface area contributed by atoms with Gasteiger partial charge in [-0.2, -0.15) is 0 Å². The fraction of sp³-hybridized carbons (Fsp3) is 0.455. The highest BCUT2D eigenvalue weighted by Crippen LogP contribution is 2.21. The fourth-order valence-electron chi connectivity index (χ4n) is 1.46. The summed E-state index contributed by atoms with van der Waals surface area (Å²) in [4.78, 5) is 16.9. The number of hydrogen-bond acceptors (Lipinski definition) is 4. The molecule has 0 saturated heterocycles. The molecule has 5 heteroatoms. The first-order valence-corrected chi connectivity index (χ1v) is 5.91. The monoisotopic (exact) mass is 240 g/mol. The molecule has 1 unspecified atom stereocenters. The van der Waals surface area contributed by atoms with Crippen LogP contribution in [0.25, 0.3) is 0 Å². The molecule has 1 aromatic rings. The molecule has 1 aromatic heterocycles. The van der Waals surface area contributed by atoms with Crippen LogP contribution in [0.15, 0.2) is 18.0 Å². The SMILES string of the molecule is C=CCN(CC(=O)O)C(C)c1csc(C)n1. The van der Waals surface area contributed by atoms with Crippen LogP contribution in [0.5, 0.6) is 0 Å². The third-order valence-corrected chi connectivity index (χ3v) is 3.11. The molecule has 1 atom stereocenters. The lowest BCUT2D eigenvalue weighted by molar-refractivity contribution is -0.138. The normalized spacial score (nSPS) is 12.7. The number of carbonyl (C=O) groups is 1. The van der Waals surface area contributed by atoms with Crippen LogP contribution < -0.4 is 0 Å². The molecule has 1 heterocycles. The quantitative estimate of drug-likeness (QED) is 0.773. The van der Waals surface area contributed by atoms with E-state index in [4.69, 9.17) is 5.11 Å². The molecule has 0 spiro atoms. The van der Waals surface area contributed by atoms with Crippen LogP contribution in [-0.2, 0) is 4.79 Å². The first kappa shape index (κ1) is 12.9. The Labute approximate surface area is 99.2 Å². The van der Waals surface area contributed by atoms with Crippen LogP contribution in [0.1, 0.15) is 23.7 Å². The molecule has 88 valence electrons. The van der Waals surface area contributed by atoms with Gasteiger partial charge in [-0.25, -0.2) is 4.98 Å². The Kier molecular flexibility index (Phi) is 4.64. The summed E-state index contributed by atoms with van der Waals surface area (Å²) < 4.78 is 0. The molecule has 0 aromatic carbocycles. The van der Waals surface area contributed by atoms with Crippen LogP contribution in [-0.4, -0.2) is 34.0 Å².